The van der Waals surface area contributed by atoms with E-state index in [1.54, 1.807) is 13.8 Å². The molecule has 0 spiro atoms. The maximum Gasteiger partial charge on any atom is 0.365 e. The van der Waals surface area contributed by atoms with Crippen molar-refractivity contribution in [1.82, 2.24) is 14.5 Å². The molecule has 0 unspecified atom stereocenters. The Morgan fingerprint density at radius 2 is 2.05 bits per heavy atom. The maximum atomic E-state index is 12.1. The molecule has 0 aliphatic heterocycles. The molecule has 7 heteroatoms. The van der Waals surface area contributed by atoms with Gasteiger partial charge in [0.05, 0.1) is 13.2 Å². The van der Waals surface area contributed by atoms with Gasteiger partial charge in [-0.2, -0.15) is 9.77 Å². The number of rotatable bonds is 6. The first-order valence-electron chi connectivity index (χ1n) is 6.71. The second kappa shape index (κ2) is 6.74. The van der Waals surface area contributed by atoms with E-state index in [0.29, 0.717) is 12.4 Å². The molecule has 0 fully saturated rings. The topological polar surface area (TPSA) is 78.2 Å². The predicted octanol–water partition coefficient (Wildman–Crippen LogP) is 0.660. The summed E-state index contributed by atoms with van der Waals surface area (Å²) in [5, 5.41) is 4.05. The van der Waals surface area contributed by atoms with Gasteiger partial charge in [0.2, 0.25) is 0 Å². The fourth-order valence-electron chi connectivity index (χ4n) is 1.90. The van der Waals surface area contributed by atoms with Crippen LogP contribution in [0.15, 0.2) is 35.1 Å². The van der Waals surface area contributed by atoms with Crippen molar-refractivity contribution in [2.75, 3.05) is 12.0 Å². The average molecular weight is 290 g/mol. The number of carbonyl (C=O) groups excluding carboxylic acids is 1. The molecule has 2 aromatic rings. The maximum absolute atomic E-state index is 12.1. The highest BCUT2D eigenvalue weighted by atomic mass is 16.5. The first-order chi connectivity index (χ1) is 10.1. The molecule has 0 saturated heterocycles. The van der Waals surface area contributed by atoms with E-state index in [1.807, 2.05) is 30.3 Å². The van der Waals surface area contributed by atoms with Gasteiger partial charge in [0, 0.05) is 0 Å². The van der Waals surface area contributed by atoms with Gasteiger partial charge in [-0.3, -0.25) is 4.79 Å². The monoisotopic (exact) mass is 290 g/mol. The molecule has 0 saturated carbocycles. The van der Waals surface area contributed by atoms with Crippen LogP contribution in [0.3, 0.4) is 0 Å². The van der Waals surface area contributed by atoms with E-state index in [0.717, 1.165) is 10.2 Å². The van der Waals surface area contributed by atoms with Crippen LogP contribution in [0, 0.1) is 6.92 Å². The van der Waals surface area contributed by atoms with Crippen molar-refractivity contribution >= 4 is 5.97 Å². The Labute approximate surface area is 122 Å². The van der Waals surface area contributed by atoms with Crippen molar-refractivity contribution in [2.24, 2.45) is 0 Å². The lowest BCUT2D eigenvalue weighted by molar-refractivity contribution is -0.144. The number of nitrogens with zero attached hydrogens (tertiary/aromatic N) is 3. The molecule has 1 heterocycles. The third-order valence-electron chi connectivity index (χ3n) is 2.87. The van der Waals surface area contributed by atoms with Crippen molar-refractivity contribution in [2.45, 2.75) is 26.9 Å². The quantitative estimate of drug-likeness (QED) is 0.791. The van der Waals surface area contributed by atoms with Crippen LogP contribution in [0.25, 0.3) is 0 Å². The van der Waals surface area contributed by atoms with Gasteiger partial charge in [0.1, 0.15) is 12.4 Å². The molecule has 7 nitrogen and oxygen atoms in total. The number of esters is 1. The molecule has 0 aliphatic carbocycles. The van der Waals surface area contributed by atoms with E-state index < -0.39 is 11.7 Å². The number of aromatic nitrogens is 3. The van der Waals surface area contributed by atoms with Crippen LogP contribution in [0.2, 0.25) is 0 Å². The molecular formula is C14H18N4O3. The van der Waals surface area contributed by atoms with Crippen molar-refractivity contribution in [3.05, 3.63) is 52.2 Å². The SMILES string of the molecule is CCOC(=O)Cn1nc(C)n(NCc2ccccc2)c1=O. The molecule has 0 amide bonds. The summed E-state index contributed by atoms with van der Waals surface area (Å²) < 4.78 is 7.23. The summed E-state index contributed by atoms with van der Waals surface area (Å²) in [6.45, 7) is 3.99. The van der Waals surface area contributed by atoms with Gasteiger partial charge in [0.15, 0.2) is 0 Å². The highest BCUT2D eigenvalue weighted by Gasteiger charge is 2.13. The first-order valence-corrected chi connectivity index (χ1v) is 6.71. The number of carbonyl (C=O) groups is 1. The van der Waals surface area contributed by atoms with Gasteiger partial charge in [-0.05, 0) is 19.4 Å². The molecule has 1 N–H and O–H groups in total. The van der Waals surface area contributed by atoms with E-state index in [4.69, 9.17) is 4.74 Å². The molecule has 0 atom stereocenters. The van der Waals surface area contributed by atoms with Crippen LogP contribution in [0.1, 0.15) is 18.3 Å². The summed E-state index contributed by atoms with van der Waals surface area (Å²) >= 11 is 0. The zero-order chi connectivity index (χ0) is 15.2. The van der Waals surface area contributed by atoms with E-state index in [9.17, 15) is 9.59 Å². The molecule has 0 radical (unpaired) electrons. The molecule has 0 bridgehead atoms. The minimum atomic E-state index is -0.479. The van der Waals surface area contributed by atoms with Gasteiger partial charge in [-0.25, -0.2) is 9.48 Å². The van der Waals surface area contributed by atoms with Crippen molar-refractivity contribution in [3.63, 3.8) is 0 Å². The molecule has 1 aromatic carbocycles. The second-order valence-electron chi connectivity index (χ2n) is 4.45. The molecule has 2 rings (SSSR count). The van der Waals surface area contributed by atoms with Crippen LogP contribution in [-0.2, 0) is 22.6 Å². The van der Waals surface area contributed by atoms with Crippen LogP contribution < -0.4 is 11.1 Å². The minimum absolute atomic E-state index is 0.187. The van der Waals surface area contributed by atoms with Crippen molar-refractivity contribution in [1.29, 1.82) is 0 Å². The average Bonchev–Trinajstić information content (AvgIpc) is 2.73. The van der Waals surface area contributed by atoms with Crippen LogP contribution >= 0.6 is 0 Å². The number of hydrogen-bond acceptors (Lipinski definition) is 5. The molecule has 21 heavy (non-hydrogen) atoms. The van der Waals surface area contributed by atoms with E-state index in [-0.39, 0.29) is 13.2 Å². The van der Waals surface area contributed by atoms with Gasteiger partial charge in [-0.1, -0.05) is 30.3 Å². The molecule has 1 aromatic heterocycles. The lowest BCUT2D eigenvalue weighted by Crippen LogP contribution is -2.33. The van der Waals surface area contributed by atoms with Crippen molar-refractivity contribution in [3.8, 4) is 0 Å². The standard InChI is InChI=1S/C14H18N4O3/c1-3-21-13(19)10-17-14(20)18(11(2)16-17)15-9-12-7-5-4-6-8-12/h4-8,15H,3,9-10H2,1-2H3. The Hall–Kier alpha value is -2.57. The predicted molar refractivity (Wildman–Crippen MR) is 77.4 cm³/mol. The summed E-state index contributed by atoms with van der Waals surface area (Å²) in [5.74, 6) is 0.00698. The fourth-order valence-corrected chi connectivity index (χ4v) is 1.90. The number of benzene rings is 1. The second-order valence-corrected chi connectivity index (χ2v) is 4.45. The van der Waals surface area contributed by atoms with E-state index in [1.165, 1.54) is 4.68 Å². The Balaban J connectivity index is 2.09. The minimum Gasteiger partial charge on any atom is -0.465 e. The van der Waals surface area contributed by atoms with Gasteiger partial charge in [0.25, 0.3) is 0 Å². The molecular weight excluding hydrogens is 272 g/mol. The van der Waals surface area contributed by atoms with Gasteiger partial charge < -0.3 is 10.2 Å². The number of nitrogens with one attached hydrogen (secondary N) is 1. The highest BCUT2D eigenvalue weighted by molar-refractivity contribution is 5.68. The zero-order valence-electron chi connectivity index (χ0n) is 12.1. The summed E-state index contributed by atoms with van der Waals surface area (Å²) in [4.78, 5) is 23.6. The summed E-state index contributed by atoms with van der Waals surface area (Å²) in [5.41, 5.74) is 3.64. The smallest absolute Gasteiger partial charge is 0.365 e. The Bertz CT molecular complexity index is 661. The fraction of sp³-hybridized carbons (Fsp3) is 0.357. The first kappa shape index (κ1) is 14.8. The Morgan fingerprint density at radius 1 is 1.33 bits per heavy atom. The number of aryl methyl sites for hydroxylation is 1. The summed E-state index contributed by atoms with van der Waals surface area (Å²) in [6.07, 6.45) is 0. The van der Waals surface area contributed by atoms with Crippen LogP contribution in [0.5, 0.6) is 0 Å². The third kappa shape index (κ3) is 3.71. The summed E-state index contributed by atoms with van der Waals surface area (Å²) in [6, 6.07) is 9.69. The third-order valence-corrected chi connectivity index (χ3v) is 2.87. The molecule has 112 valence electrons. The van der Waals surface area contributed by atoms with E-state index >= 15 is 0 Å². The van der Waals surface area contributed by atoms with Gasteiger partial charge in [-0.15, -0.1) is 0 Å². The molecule has 0 aliphatic rings. The normalized spacial score (nSPS) is 10.4. The highest BCUT2D eigenvalue weighted by Crippen LogP contribution is 1.98. The largest absolute Gasteiger partial charge is 0.465 e. The Kier molecular flexibility index (Phi) is 4.76. The number of hydrogen-bond donors (Lipinski definition) is 1. The Morgan fingerprint density at radius 3 is 2.71 bits per heavy atom. The lowest BCUT2D eigenvalue weighted by atomic mass is 10.2. The van der Waals surface area contributed by atoms with Crippen molar-refractivity contribution < 1.29 is 9.53 Å². The lowest BCUT2D eigenvalue weighted by Gasteiger charge is -2.06. The zero-order valence-corrected chi connectivity index (χ0v) is 12.1. The summed E-state index contributed by atoms with van der Waals surface area (Å²) in [7, 11) is 0. The van der Waals surface area contributed by atoms with Crippen LogP contribution in [0.4, 0.5) is 0 Å². The van der Waals surface area contributed by atoms with Gasteiger partial charge >= 0.3 is 11.7 Å². The van der Waals surface area contributed by atoms with E-state index in [2.05, 4.69) is 10.5 Å². The van der Waals surface area contributed by atoms with Crippen LogP contribution in [-0.4, -0.2) is 27.0 Å². The number of ether oxygens (including phenoxy) is 1.